The van der Waals surface area contributed by atoms with Gasteiger partial charge in [-0.3, -0.25) is 9.69 Å². The molecule has 0 aliphatic carbocycles. The molecule has 0 atom stereocenters. The average Bonchev–Trinajstić information content (AvgIpc) is 3.29. The van der Waals surface area contributed by atoms with E-state index in [0.29, 0.717) is 59.7 Å². The third-order valence-corrected chi connectivity index (χ3v) is 8.65. The van der Waals surface area contributed by atoms with Crippen LogP contribution in [-0.4, -0.2) is 65.5 Å². The molecular formula is C23H22FN5O4S2. The van der Waals surface area contributed by atoms with Gasteiger partial charge in [0.25, 0.3) is 5.56 Å². The molecule has 1 fully saturated rings. The summed E-state index contributed by atoms with van der Waals surface area (Å²) >= 11 is 1.21. The zero-order valence-corrected chi connectivity index (χ0v) is 20.4. The van der Waals surface area contributed by atoms with E-state index in [9.17, 15) is 17.6 Å². The summed E-state index contributed by atoms with van der Waals surface area (Å²) in [7, 11) is -2.07. The van der Waals surface area contributed by atoms with Gasteiger partial charge < -0.3 is 4.74 Å². The molecule has 1 aliphatic heterocycles. The Morgan fingerprint density at radius 1 is 1.06 bits per heavy atom. The lowest BCUT2D eigenvalue weighted by atomic mass is 10.2. The van der Waals surface area contributed by atoms with E-state index in [-0.39, 0.29) is 16.3 Å². The molecule has 0 bridgehead atoms. The van der Waals surface area contributed by atoms with Crippen LogP contribution in [0, 0.1) is 5.82 Å². The number of sulfonamides is 1. The number of methoxy groups -OCH3 is 1. The van der Waals surface area contributed by atoms with Crippen LogP contribution in [0.15, 0.2) is 64.3 Å². The van der Waals surface area contributed by atoms with E-state index >= 15 is 0 Å². The van der Waals surface area contributed by atoms with Crippen LogP contribution in [0.2, 0.25) is 0 Å². The van der Waals surface area contributed by atoms with Crippen LogP contribution < -0.4 is 10.3 Å². The van der Waals surface area contributed by atoms with Crippen molar-refractivity contribution in [1.82, 2.24) is 23.8 Å². The van der Waals surface area contributed by atoms with Crippen LogP contribution >= 0.6 is 11.3 Å². The van der Waals surface area contributed by atoms with Crippen molar-refractivity contribution in [3.63, 3.8) is 0 Å². The summed E-state index contributed by atoms with van der Waals surface area (Å²) in [5.74, 6) is 0.217. The van der Waals surface area contributed by atoms with Gasteiger partial charge in [0, 0.05) is 44.4 Å². The number of piperazine rings is 1. The zero-order chi connectivity index (χ0) is 24.6. The molecule has 35 heavy (non-hydrogen) atoms. The lowest BCUT2D eigenvalue weighted by Gasteiger charge is -2.33. The number of hydrogen-bond donors (Lipinski definition) is 0. The number of halogens is 1. The summed E-state index contributed by atoms with van der Waals surface area (Å²) < 4.78 is 47.3. The summed E-state index contributed by atoms with van der Waals surface area (Å²) in [6, 6.07) is 13.8. The maximum Gasteiger partial charge on any atom is 0.275 e. The fourth-order valence-electron chi connectivity index (χ4n) is 3.93. The van der Waals surface area contributed by atoms with Crippen LogP contribution in [0.1, 0.15) is 5.69 Å². The summed E-state index contributed by atoms with van der Waals surface area (Å²) in [6.45, 7) is 2.09. The normalized spacial score (nSPS) is 15.5. The predicted molar refractivity (Wildman–Crippen MR) is 130 cm³/mol. The molecule has 0 unspecified atom stereocenters. The molecule has 3 heterocycles. The first-order valence-electron chi connectivity index (χ1n) is 10.9. The molecule has 9 nitrogen and oxygen atoms in total. The summed E-state index contributed by atoms with van der Waals surface area (Å²) in [6.07, 6.45) is 0. The number of rotatable bonds is 6. The predicted octanol–water partition coefficient (Wildman–Crippen LogP) is 2.47. The standard InChI is InChI=1S/C23H22FN5O4S2/c1-33-19-5-7-20(8-6-19)35(31,32)28-11-9-27(10-12-28)15-18-14-21(30)29-23(25-18)34-22(26-29)16-3-2-4-17(24)13-16/h2-8,13-14H,9-12,15H2,1H3. The lowest BCUT2D eigenvalue weighted by Crippen LogP contribution is -2.48. The Labute approximate surface area is 205 Å². The first kappa shape index (κ1) is 23.5. The number of ether oxygens (including phenoxy) is 1. The van der Waals surface area contributed by atoms with E-state index in [4.69, 9.17) is 4.74 Å². The number of nitrogens with zero attached hydrogens (tertiary/aromatic N) is 5. The van der Waals surface area contributed by atoms with Gasteiger partial charge in [0.15, 0.2) is 0 Å². The molecule has 1 saturated heterocycles. The van der Waals surface area contributed by atoms with Crippen molar-refractivity contribution in [2.75, 3.05) is 33.3 Å². The quantitative estimate of drug-likeness (QED) is 0.389. The van der Waals surface area contributed by atoms with E-state index < -0.39 is 10.0 Å². The lowest BCUT2D eigenvalue weighted by molar-refractivity contribution is 0.180. The van der Waals surface area contributed by atoms with Crippen molar-refractivity contribution in [2.45, 2.75) is 11.4 Å². The monoisotopic (exact) mass is 515 g/mol. The van der Waals surface area contributed by atoms with Gasteiger partial charge >= 0.3 is 0 Å². The average molecular weight is 516 g/mol. The highest BCUT2D eigenvalue weighted by Crippen LogP contribution is 2.25. The molecule has 2 aromatic heterocycles. The first-order valence-corrected chi connectivity index (χ1v) is 13.1. The Bertz CT molecular complexity index is 1530. The van der Waals surface area contributed by atoms with Crippen molar-refractivity contribution in [3.8, 4) is 16.3 Å². The second-order valence-corrected chi connectivity index (χ2v) is 10.9. The Morgan fingerprint density at radius 2 is 1.80 bits per heavy atom. The fourth-order valence-corrected chi connectivity index (χ4v) is 6.27. The molecule has 182 valence electrons. The van der Waals surface area contributed by atoms with Gasteiger partial charge in [-0.2, -0.15) is 13.9 Å². The van der Waals surface area contributed by atoms with Crippen molar-refractivity contribution in [2.24, 2.45) is 0 Å². The number of aromatic nitrogens is 3. The highest BCUT2D eigenvalue weighted by molar-refractivity contribution is 7.89. The molecule has 0 saturated carbocycles. The molecular weight excluding hydrogens is 493 g/mol. The first-order chi connectivity index (χ1) is 16.8. The van der Waals surface area contributed by atoms with Crippen LogP contribution in [-0.2, 0) is 16.6 Å². The smallest absolute Gasteiger partial charge is 0.275 e. The van der Waals surface area contributed by atoms with Crippen LogP contribution in [0.4, 0.5) is 4.39 Å². The van der Waals surface area contributed by atoms with Crippen molar-refractivity contribution in [1.29, 1.82) is 0 Å². The molecule has 5 rings (SSSR count). The van der Waals surface area contributed by atoms with Crippen molar-refractivity contribution >= 4 is 26.3 Å². The minimum absolute atomic E-state index is 0.228. The van der Waals surface area contributed by atoms with Crippen LogP contribution in [0.5, 0.6) is 5.75 Å². The number of fused-ring (bicyclic) bond motifs is 1. The molecule has 0 radical (unpaired) electrons. The third-order valence-electron chi connectivity index (χ3n) is 5.78. The minimum atomic E-state index is -3.60. The van der Waals surface area contributed by atoms with Gasteiger partial charge in [-0.1, -0.05) is 23.5 Å². The minimum Gasteiger partial charge on any atom is -0.497 e. The number of benzene rings is 2. The molecule has 0 N–H and O–H groups in total. The third kappa shape index (κ3) is 4.82. The van der Waals surface area contributed by atoms with Gasteiger partial charge in [0.05, 0.1) is 17.7 Å². The van der Waals surface area contributed by atoms with E-state index in [2.05, 4.69) is 15.0 Å². The molecule has 2 aromatic carbocycles. The van der Waals surface area contributed by atoms with Gasteiger partial charge in [0.2, 0.25) is 15.0 Å². The van der Waals surface area contributed by atoms with Crippen molar-refractivity contribution < 1.29 is 17.5 Å². The Balaban J connectivity index is 1.28. The highest BCUT2D eigenvalue weighted by atomic mass is 32.2. The largest absolute Gasteiger partial charge is 0.497 e. The van der Waals surface area contributed by atoms with E-state index in [1.165, 1.54) is 45.5 Å². The van der Waals surface area contributed by atoms with Crippen LogP contribution in [0.25, 0.3) is 15.5 Å². The zero-order valence-electron chi connectivity index (χ0n) is 18.8. The van der Waals surface area contributed by atoms with Crippen LogP contribution in [0.3, 0.4) is 0 Å². The summed E-state index contributed by atoms with van der Waals surface area (Å²) in [5, 5.41) is 4.79. The molecule has 0 spiro atoms. The van der Waals surface area contributed by atoms with E-state index in [1.54, 1.807) is 36.4 Å². The van der Waals surface area contributed by atoms with E-state index in [0.717, 1.165) is 0 Å². The molecule has 4 aromatic rings. The Hall–Kier alpha value is -3.19. The summed E-state index contributed by atoms with van der Waals surface area (Å²) in [5.41, 5.74) is 0.844. The topological polar surface area (TPSA) is 97.1 Å². The number of hydrogen-bond acceptors (Lipinski definition) is 8. The Kier molecular flexibility index (Phi) is 6.36. The maximum atomic E-state index is 13.6. The van der Waals surface area contributed by atoms with Gasteiger partial charge in [-0.05, 0) is 36.4 Å². The molecule has 0 amide bonds. The second-order valence-electron chi connectivity index (χ2n) is 8.05. The second kappa shape index (κ2) is 9.46. The van der Waals surface area contributed by atoms with Gasteiger partial charge in [0.1, 0.15) is 16.6 Å². The molecule has 1 aliphatic rings. The van der Waals surface area contributed by atoms with Gasteiger partial charge in [-0.25, -0.2) is 17.8 Å². The van der Waals surface area contributed by atoms with Crippen molar-refractivity contribution in [3.05, 3.63) is 76.5 Å². The van der Waals surface area contributed by atoms with Gasteiger partial charge in [-0.15, -0.1) is 0 Å². The molecule has 12 heteroatoms. The van der Waals surface area contributed by atoms with E-state index in [1.807, 2.05) is 0 Å². The Morgan fingerprint density at radius 3 is 2.49 bits per heavy atom. The maximum absolute atomic E-state index is 13.6. The fraction of sp³-hybridized carbons (Fsp3) is 0.261. The highest BCUT2D eigenvalue weighted by Gasteiger charge is 2.28. The summed E-state index contributed by atoms with van der Waals surface area (Å²) in [4.78, 5) is 19.9. The SMILES string of the molecule is COc1ccc(S(=O)(=O)N2CCN(Cc3cc(=O)n4nc(-c5cccc(F)c5)sc4n3)CC2)cc1.